The van der Waals surface area contributed by atoms with E-state index in [-0.39, 0.29) is 25.9 Å². The van der Waals surface area contributed by atoms with E-state index in [9.17, 15) is 4.79 Å². The molecule has 1 aromatic heterocycles. The van der Waals surface area contributed by atoms with Crippen molar-refractivity contribution in [3.8, 4) is 22.8 Å². The van der Waals surface area contributed by atoms with Crippen LogP contribution >= 0.6 is 0 Å². The second kappa shape index (κ2) is 9.76. The first-order chi connectivity index (χ1) is 14.3. The van der Waals surface area contributed by atoms with E-state index in [0.29, 0.717) is 23.7 Å². The van der Waals surface area contributed by atoms with E-state index in [4.69, 9.17) is 18.7 Å². The van der Waals surface area contributed by atoms with Crippen LogP contribution in [-0.2, 0) is 16.1 Å². The summed E-state index contributed by atoms with van der Waals surface area (Å²) in [5, 5.41) is 6.92. The second-order valence-corrected chi connectivity index (χ2v) is 7.35. The molecule has 0 atom stereocenters. The Morgan fingerprint density at radius 2 is 1.93 bits per heavy atom. The van der Waals surface area contributed by atoms with Crippen LogP contribution in [0.15, 0.2) is 28.8 Å². The van der Waals surface area contributed by atoms with Gasteiger partial charge in [0.1, 0.15) is 12.3 Å². The lowest BCUT2D eigenvalue weighted by atomic mass is 10.1. The number of carbonyl (C=O) groups is 1. The van der Waals surface area contributed by atoms with E-state index in [1.807, 2.05) is 18.2 Å². The van der Waals surface area contributed by atoms with E-state index in [1.165, 1.54) is 25.7 Å². The Hall–Kier alpha value is -2.58. The van der Waals surface area contributed by atoms with Gasteiger partial charge >= 0.3 is 0 Å². The number of amides is 1. The summed E-state index contributed by atoms with van der Waals surface area (Å²) in [6.45, 7) is 4.26. The van der Waals surface area contributed by atoms with Gasteiger partial charge < -0.3 is 29.0 Å². The molecule has 29 heavy (non-hydrogen) atoms. The van der Waals surface area contributed by atoms with Crippen LogP contribution in [0, 0.1) is 0 Å². The molecule has 2 aliphatic rings. The predicted molar refractivity (Wildman–Crippen MR) is 106 cm³/mol. The lowest BCUT2D eigenvalue weighted by Crippen LogP contribution is -2.36. The zero-order chi connectivity index (χ0) is 19.9. The first kappa shape index (κ1) is 19.7. The average molecular weight is 401 g/mol. The number of benzene rings is 1. The molecule has 0 bridgehead atoms. The molecule has 0 spiro atoms. The van der Waals surface area contributed by atoms with Gasteiger partial charge in [0.25, 0.3) is 0 Å². The molecule has 8 heteroatoms. The van der Waals surface area contributed by atoms with Gasteiger partial charge in [-0.1, -0.05) is 18.0 Å². The minimum Gasteiger partial charge on any atom is -0.454 e. The normalized spacial score (nSPS) is 16.6. The van der Waals surface area contributed by atoms with Crippen LogP contribution in [0.4, 0.5) is 0 Å². The number of hydrogen-bond acceptors (Lipinski definition) is 7. The molecular formula is C21H27N3O5. The third-order valence-corrected chi connectivity index (χ3v) is 5.15. The van der Waals surface area contributed by atoms with Gasteiger partial charge in [-0.25, -0.2) is 0 Å². The van der Waals surface area contributed by atoms with E-state index >= 15 is 0 Å². The summed E-state index contributed by atoms with van der Waals surface area (Å²) >= 11 is 0. The highest BCUT2D eigenvalue weighted by Gasteiger charge is 2.16. The van der Waals surface area contributed by atoms with Crippen molar-refractivity contribution in [3.05, 3.63) is 30.0 Å². The fourth-order valence-corrected chi connectivity index (χ4v) is 3.58. The molecular weight excluding hydrogens is 374 g/mol. The third kappa shape index (κ3) is 5.48. The lowest BCUT2D eigenvalue weighted by molar-refractivity contribution is -0.126. The van der Waals surface area contributed by atoms with Gasteiger partial charge in [0.15, 0.2) is 17.3 Å². The summed E-state index contributed by atoms with van der Waals surface area (Å²) in [7, 11) is 0. The molecule has 0 radical (unpaired) electrons. The number of nitrogens with zero attached hydrogens (tertiary/aromatic N) is 2. The Balaban J connectivity index is 1.17. The summed E-state index contributed by atoms with van der Waals surface area (Å²) in [6, 6.07) is 7.38. The van der Waals surface area contributed by atoms with Crippen molar-refractivity contribution in [1.82, 2.24) is 15.4 Å². The van der Waals surface area contributed by atoms with Gasteiger partial charge in [-0.2, -0.15) is 0 Å². The quantitative estimate of drug-likeness (QED) is 0.728. The number of likely N-dealkylation sites (tertiary alicyclic amines) is 1. The molecule has 3 heterocycles. The van der Waals surface area contributed by atoms with E-state index < -0.39 is 0 Å². The number of fused-ring (bicyclic) bond motifs is 1. The number of rotatable bonds is 8. The van der Waals surface area contributed by atoms with Crippen molar-refractivity contribution in [2.75, 3.05) is 39.6 Å². The third-order valence-electron chi connectivity index (χ3n) is 5.15. The van der Waals surface area contributed by atoms with Gasteiger partial charge in [-0.05, 0) is 44.1 Å². The monoisotopic (exact) mass is 401 g/mol. The van der Waals surface area contributed by atoms with E-state index in [0.717, 1.165) is 30.9 Å². The van der Waals surface area contributed by atoms with Crippen LogP contribution in [-0.4, -0.2) is 55.5 Å². The highest BCUT2D eigenvalue weighted by Crippen LogP contribution is 2.36. The summed E-state index contributed by atoms with van der Waals surface area (Å²) in [5.41, 5.74) is 1.48. The maximum atomic E-state index is 12.0. The van der Waals surface area contributed by atoms with Crippen LogP contribution in [0.5, 0.6) is 11.5 Å². The van der Waals surface area contributed by atoms with Gasteiger partial charge in [0.2, 0.25) is 12.7 Å². The first-order valence-corrected chi connectivity index (χ1v) is 10.2. The molecule has 0 aliphatic carbocycles. The molecule has 1 fully saturated rings. The molecule has 1 saturated heterocycles. The Morgan fingerprint density at radius 1 is 1.10 bits per heavy atom. The van der Waals surface area contributed by atoms with Crippen molar-refractivity contribution in [1.29, 1.82) is 0 Å². The molecule has 2 aliphatic heterocycles. The Labute approximate surface area is 170 Å². The standard InChI is InChI=1S/C21H27N3O5/c25-21(22-7-10-24-8-3-1-2-4-9-24)14-26-13-17-12-19(29-23-17)16-5-6-18-20(11-16)28-15-27-18/h5-6,11-12H,1-4,7-10,13-15H2,(H,22,25). The van der Waals surface area contributed by atoms with E-state index in [1.54, 1.807) is 6.07 Å². The van der Waals surface area contributed by atoms with Crippen LogP contribution in [0.25, 0.3) is 11.3 Å². The fraction of sp³-hybridized carbons (Fsp3) is 0.524. The number of nitrogens with one attached hydrogen (secondary N) is 1. The van der Waals surface area contributed by atoms with Gasteiger partial charge in [-0.15, -0.1) is 0 Å². The summed E-state index contributed by atoms with van der Waals surface area (Å²) in [5.74, 6) is 1.91. The van der Waals surface area contributed by atoms with Crippen LogP contribution in [0.3, 0.4) is 0 Å². The molecule has 156 valence electrons. The highest BCUT2D eigenvalue weighted by molar-refractivity contribution is 5.77. The fourth-order valence-electron chi connectivity index (χ4n) is 3.58. The van der Waals surface area contributed by atoms with Gasteiger partial charge in [-0.3, -0.25) is 4.79 Å². The van der Waals surface area contributed by atoms with Gasteiger partial charge in [0, 0.05) is 24.7 Å². The SMILES string of the molecule is O=C(COCc1cc(-c2ccc3c(c2)OCO3)on1)NCCN1CCCCCC1. The molecule has 1 amide bonds. The zero-order valence-electron chi connectivity index (χ0n) is 16.5. The van der Waals surface area contributed by atoms with E-state index in [2.05, 4.69) is 15.4 Å². The molecule has 1 N–H and O–H groups in total. The molecule has 2 aromatic rings. The highest BCUT2D eigenvalue weighted by atomic mass is 16.7. The van der Waals surface area contributed by atoms with Gasteiger partial charge in [0.05, 0.1) is 6.61 Å². The first-order valence-electron chi connectivity index (χ1n) is 10.2. The Kier molecular flexibility index (Phi) is 6.63. The van der Waals surface area contributed by atoms with Crippen LogP contribution in [0.2, 0.25) is 0 Å². The summed E-state index contributed by atoms with van der Waals surface area (Å²) in [4.78, 5) is 14.4. The number of ether oxygens (including phenoxy) is 3. The number of carbonyl (C=O) groups excluding carboxylic acids is 1. The molecule has 0 unspecified atom stereocenters. The minimum atomic E-state index is -0.112. The summed E-state index contributed by atoms with van der Waals surface area (Å²) < 4.78 is 21.5. The Morgan fingerprint density at radius 3 is 2.79 bits per heavy atom. The van der Waals surface area contributed by atoms with Crippen LogP contribution < -0.4 is 14.8 Å². The second-order valence-electron chi connectivity index (χ2n) is 7.35. The van der Waals surface area contributed by atoms with Crippen LogP contribution in [0.1, 0.15) is 31.4 Å². The maximum absolute atomic E-state index is 12.0. The van der Waals surface area contributed by atoms with Crippen molar-refractivity contribution >= 4 is 5.91 Å². The zero-order valence-corrected chi connectivity index (χ0v) is 16.5. The smallest absolute Gasteiger partial charge is 0.246 e. The molecule has 4 rings (SSSR count). The lowest BCUT2D eigenvalue weighted by Gasteiger charge is -2.19. The Bertz CT molecular complexity index is 814. The minimum absolute atomic E-state index is 0.00617. The van der Waals surface area contributed by atoms with Crippen molar-refractivity contribution in [2.45, 2.75) is 32.3 Å². The largest absolute Gasteiger partial charge is 0.454 e. The predicted octanol–water partition coefficient (Wildman–Crippen LogP) is 2.58. The molecule has 8 nitrogen and oxygen atoms in total. The van der Waals surface area contributed by atoms with Crippen molar-refractivity contribution in [2.24, 2.45) is 0 Å². The number of hydrogen-bond donors (Lipinski definition) is 1. The molecule has 0 saturated carbocycles. The molecule has 1 aromatic carbocycles. The maximum Gasteiger partial charge on any atom is 0.246 e. The van der Waals surface area contributed by atoms with Crippen molar-refractivity contribution in [3.63, 3.8) is 0 Å². The number of aromatic nitrogens is 1. The van der Waals surface area contributed by atoms with Crippen molar-refractivity contribution < 1.29 is 23.5 Å². The topological polar surface area (TPSA) is 86.1 Å². The average Bonchev–Trinajstić information content (AvgIpc) is 3.31. The summed E-state index contributed by atoms with van der Waals surface area (Å²) in [6.07, 6.45) is 5.14.